The van der Waals surface area contributed by atoms with Crippen molar-refractivity contribution in [2.45, 2.75) is 5.75 Å². The highest BCUT2D eigenvalue weighted by molar-refractivity contribution is 7.79. The largest absolute Gasteiger partial charge is 0.288 e. The fraction of sp³-hybridized carbons (Fsp3) is 0.0909. The summed E-state index contributed by atoms with van der Waals surface area (Å²) in [4.78, 5) is 23.5. The van der Waals surface area contributed by atoms with Crippen molar-refractivity contribution in [1.29, 1.82) is 0 Å². The lowest BCUT2D eigenvalue weighted by Crippen LogP contribution is -2.17. The molecular formula is C11H6Cl2O2S. The maximum absolute atomic E-state index is 11.8. The van der Waals surface area contributed by atoms with Gasteiger partial charge in [0.05, 0.1) is 0 Å². The third-order valence-electron chi connectivity index (χ3n) is 2.35. The Morgan fingerprint density at radius 3 is 2.12 bits per heavy atom. The minimum absolute atomic E-state index is 0.210. The number of halogens is 2. The second kappa shape index (κ2) is 4.24. The summed E-state index contributed by atoms with van der Waals surface area (Å²) in [7, 11) is 0. The van der Waals surface area contributed by atoms with E-state index in [0.717, 1.165) is 5.56 Å². The minimum atomic E-state index is -0.412. The first-order chi connectivity index (χ1) is 7.56. The van der Waals surface area contributed by atoms with Crippen molar-refractivity contribution in [3.05, 3.63) is 45.0 Å². The molecule has 2 nitrogen and oxygen atoms in total. The molecule has 0 radical (unpaired) electrons. The van der Waals surface area contributed by atoms with E-state index in [1.165, 1.54) is 0 Å². The number of Topliss-reactive ketones (excluding diaryl/α,β-unsaturated/α-hetero) is 2. The summed E-state index contributed by atoms with van der Waals surface area (Å²) in [6.07, 6.45) is 0. The van der Waals surface area contributed by atoms with Gasteiger partial charge in [-0.3, -0.25) is 9.59 Å². The molecule has 0 heterocycles. The van der Waals surface area contributed by atoms with Crippen molar-refractivity contribution in [1.82, 2.24) is 0 Å². The molecule has 0 N–H and O–H groups in total. The lowest BCUT2D eigenvalue weighted by atomic mass is 9.93. The summed E-state index contributed by atoms with van der Waals surface area (Å²) in [6, 6.07) is 4.93. The number of hydrogen-bond donors (Lipinski definition) is 1. The van der Waals surface area contributed by atoms with Crippen LogP contribution < -0.4 is 0 Å². The normalized spacial score (nSPS) is 15.4. The van der Waals surface area contributed by atoms with Gasteiger partial charge in [0.25, 0.3) is 0 Å². The molecule has 0 unspecified atom stereocenters. The Morgan fingerprint density at radius 2 is 1.56 bits per heavy atom. The monoisotopic (exact) mass is 272 g/mol. The van der Waals surface area contributed by atoms with E-state index in [1.54, 1.807) is 18.2 Å². The van der Waals surface area contributed by atoms with Gasteiger partial charge >= 0.3 is 0 Å². The lowest BCUT2D eigenvalue weighted by Gasteiger charge is -2.14. The summed E-state index contributed by atoms with van der Waals surface area (Å²) in [5.74, 6) is -0.332. The zero-order valence-corrected chi connectivity index (χ0v) is 10.4. The van der Waals surface area contributed by atoms with Crippen LogP contribution in [0.2, 0.25) is 0 Å². The fourth-order valence-corrected chi connectivity index (χ4v) is 2.08. The van der Waals surface area contributed by atoms with Crippen molar-refractivity contribution in [3.8, 4) is 0 Å². The van der Waals surface area contributed by atoms with Gasteiger partial charge in [0, 0.05) is 16.9 Å². The Balaban J connectivity index is 2.67. The molecule has 0 atom stereocenters. The van der Waals surface area contributed by atoms with Gasteiger partial charge in [0.1, 0.15) is 10.1 Å². The van der Waals surface area contributed by atoms with E-state index in [4.69, 9.17) is 23.2 Å². The van der Waals surface area contributed by atoms with Gasteiger partial charge < -0.3 is 0 Å². The van der Waals surface area contributed by atoms with Crippen LogP contribution in [-0.2, 0) is 5.75 Å². The number of benzene rings is 1. The van der Waals surface area contributed by atoms with Crippen LogP contribution >= 0.6 is 35.8 Å². The van der Waals surface area contributed by atoms with Crippen LogP contribution in [0.5, 0.6) is 0 Å². The van der Waals surface area contributed by atoms with Gasteiger partial charge in [0.15, 0.2) is 0 Å². The zero-order valence-electron chi connectivity index (χ0n) is 7.96. The van der Waals surface area contributed by atoms with E-state index < -0.39 is 11.6 Å². The molecule has 1 aliphatic carbocycles. The summed E-state index contributed by atoms with van der Waals surface area (Å²) < 4.78 is 0. The Hall–Kier alpha value is -0.770. The Labute approximate surface area is 108 Å². The molecule has 16 heavy (non-hydrogen) atoms. The van der Waals surface area contributed by atoms with Gasteiger partial charge in [-0.1, -0.05) is 29.3 Å². The first kappa shape index (κ1) is 11.7. The van der Waals surface area contributed by atoms with Crippen molar-refractivity contribution in [3.63, 3.8) is 0 Å². The van der Waals surface area contributed by atoms with Crippen molar-refractivity contribution < 1.29 is 9.59 Å². The average Bonchev–Trinajstić information content (AvgIpc) is 2.33. The van der Waals surface area contributed by atoms with Crippen LogP contribution in [0.4, 0.5) is 0 Å². The molecule has 0 aliphatic heterocycles. The highest BCUT2D eigenvalue weighted by atomic mass is 35.5. The van der Waals surface area contributed by atoms with Gasteiger partial charge in [0.2, 0.25) is 11.6 Å². The van der Waals surface area contributed by atoms with Crippen LogP contribution in [-0.4, -0.2) is 11.6 Å². The van der Waals surface area contributed by atoms with Crippen LogP contribution in [0.15, 0.2) is 28.3 Å². The summed E-state index contributed by atoms with van der Waals surface area (Å²) in [6.45, 7) is 0. The van der Waals surface area contributed by atoms with E-state index in [0.29, 0.717) is 16.9 Å². The first-order valence-electron chi connectivity index (χ1n) is 4.44. The number of carbonyl (C=O) groups excluding carboxylic acids is 2. The summed E-state index contributed by atoms with van der Waals surface area (Å²) >= 11 is 15.5. The molecule has 0 aromatic heterocycles. The Bertz CT molecular complexity index is 535. The Kier molecular flexibility index (Phi) is 3.10. The van der Waals surface area contributed by atoms with Gasteiger partial charge in [-0.15, -0.1) is 0 Å². The molecular weight excluding hydrogens is 267 g/mol. The maximum Gasteiger partial charge on any atom is 0.206 e. The Morgan fingerprint density at radius 1 is 1.00 bits per heavy atom. The molecule has 2 rings (SSSR count). The van der Waals surface area contributed by atoms with Gasteiger partial charge in [-0.05, 0) is 17.7 Å². The van der Waals surface area contributed by atoms with Crippen LogP contribution in [0.25, 0.3) is 0 Å². The predicted molar refractivity (Wildman–Crippen MR) is 66.5 cm³/mol. The van der Waals surface area contributed by atoms with E-state index in [1.807, 2.05) is 0 Å². The number of carbonyl (C=O) groups is 2. The van der Waals surface area contributed by atoms with E-state index in [-0.39, 0.29) is 10.1 Å². The lowest BCUT2D eigenvalue weighted by molar-refractivity contribution is 0.0987. The molecule has 82 valence electrons. The third-order valence-corrected chi connectivity index (χ3v) is 3.53. The molecule has 5 heteroatoms. The average molecular weight is 273 g/mol. The SMILES string of the molecule is O=C1C(Cl)=C(Cl)C(=O)c2cc(CS)ccc21. The van der Waals surface area contributed by atoms with Crippen molar-refractivity contribution in [2.75, 3.05) is 0 Å². The minimum Gasteiger partial charge on any atom is -0.288 e. The van der Waals surface area contributed by atoms with Crippen LogP contribution in [0.1, 0.15) is 26.3 Å². The smallest absolute Gasteiger partial charge is 0.206 e. The molecule has 1 aromatic carbocycles. The third kappa shape index (κ3) is 1.69. The number of ketones is 2. The molecule has 1 aromatic rings. The number of allylic oxidation sites excluding steroid dienone is 2. The first-order valence-corrected chi connectivity index (χ1v) is 5.83. The highest BCUT2D eigenvalue weighted by Gasteiger charge is 2.30. The highest BCUT2D eigenvalue weighted by Crippen LogP contribution is 2.31. The summed E-state index contributed by atoms with van der Waals surface area (Å²) in [5, 5.41) is -0.423. The number of rotatable bonds is 1. The molecule has 0 saturated heterocycles. The van der Waals surface area contributed by atoms with Crippen LogP contribution in [0.3, 0.4) is 0 Å². The number of hydrogen-bond acceptors (Lipinski definition) is 3. The van der Waals surface area contributed by atoms with Gasteiger partial charge in [-0.25, -0.2) is 0 Å². The van der Waals surface area contributed by atoms with Crippen LogP contribution in [0, 0.1) is 0 Å². The number of fused-ring (bicyclic) bond motifs is 1. The van der Waals surface area contributed by atoms with Gasteiger partial charge in [-0.2, -0.15) is 12.6 Å². The quantitative estimate of drug-likeness (QED) is 0.797. The molecule has 0 saturated carbocycles. The molecule has 0 spiro atoms. The zero-order chi connectivity index (χ0) is 11.9. The molecule has 0 amide bonds. The second-order valence-corrected chi connectivity index (χ2v) is 4.40. The van der Waals surface area contributed by atoms with E-state index >= 15 is 0 Å². The standard InChI is InChI=1S/C11H6Cl2O2S/c12-8-9(13)11(15)7-3-5(4-16)1-2-6(7)10(8)14/h1-3,16H,4H2. The van der Waals surface area contributed by atoms with E-state index in [9.17, 15) is 9.59 Å². The predicted octanol–water partition coefficient (Wildman–Crippen LogP) is 3.18. The molecule has 0 fully saturated rings. The fourth-order valence-electron chi connectivity index (χ4n) is 1.51. The molecule has 1 aliphatic rings. The van der Waals surface area contributed by atoms with Crippen molar-refractivity contribution >= 4 is 47.4 Å². The maximum atomic E-state index is 11.8. The second-order valence-electron chi connectivity index (χ2n) is 3.32. The number of thiol groups is 1. The topological polar surface area (TPSA) is 34.1 Å². The van der Waals surface area contributed by atoms with Crippen molar-refractivity contribution in [2.24, 2.45) is 0 Å². The van der Waals surface area contributed by atoms with E-state index in [2.05, 4.69) is 12.6 Å². The summed E-state index contributed by atoms with van der Waals surface area (Å²) in [5.41, 5.74) is 1.45. The molecule has 0 bridgehead atoms.